The molecule has 0 atom stereocenters. The van der Waals surface area contributed by atoms with Gasteiger partial charge in [0.05, 0.1) is 28.0 Å². The second-order valence-electron chi connectivity index (χ2n) is 8.33. The lowest BCUT2D eigenvalue weighted by atomic mass is 10.0. The number of hydrogen-bond acceptors (Lipinski definition) is 5. The van der Waals surface area contributed by atoms with E-state index in [4.69, 9.17) is 9.97 Å². The summed E-state index contributed by atoms with van der Waals surface area (Å²) in [7, 11) is 0. The Bertz CT molecular complexity index is 1630. The number of halogens is 2. The molecule has 37 heavy (non-hydrogen) atoms. The number of H-pyrrole nitrogens is 1. The van der Waals surface area contributed by atoms with E-state index in [1.165, 1.54) is 30.3 Å². The van der Waals surface area contributed by atoms with Crippen LogP contribution in [0.15, 0.2) is 73.1 Å². The van der Waals surface area contributed by atoms with Gasteiger partial charge in [0.15, 0.2) is 0 Å². The van der Waals surface area contributed by atoms with Crippen LogP contribution < -0.4 is 5.32 Å². The van der Waals surface area contributed by atoms with Gasteiger partial charge in [-0.3, -0.25) is 4.79 Å². The van der Waals surface area contributed by atoms with Crippen molar-refractivity contribution in [2.45, 2.75) is 12.8 Å². The number of carbonyl (C=O) groups excluding carboxylic acids is 1. The minimum Gasteiger partial charge on any atom is -0.352 e. The summed E-state index contributed by atoms with van der Waals surface area (Å²) in [6, 6.07) is 16.7. The zero-order chi connectivity index (χ0) is 25.8. The Morgan fingerprint density at radius 2 is 1.70 bits per heavy atom. The van der Waals surface area contributed by atoms with Crippen LogP contribution in [0, 0.1) is 23.0 Å². The van der Waals surface area contributed by atoms with Crippen LogP contribution in [-0.4, -0.2) is 32.4 Å². The Hall–Kier alpha value is -4.97. The highest BCUT2D eigenvalue weighted by molar-refractivity contribution is 5.98. The van der Waals surface area contributed by atoms with Crippen molar-refractivity contribution in [3.63, 3.8) is 0 Å². The fraction of sp³-hybridized carbons (Fsp3) is 0.107. The van der Waals surface area contributed by atoms with Crippen LogP contribution in [0.5, 0.6) is 0 Å². The number of aromatic amines is 1. The molecule has 2 aromatic heterocycles. The van der Waals surface area contributed by atoms with Gasteiger partial charge in [-0.25, -0.2) is 23.7 Å². The number of nitrogens with zero attached hydrogens (tertiary/aromatic N) is 4. The fourth-order valence-corrected chi connectivity index (χ4v) is 3.96. The first-order chi connectivity index (χ1) is 18.0. The second-order valence-corrected chi connectivity index (χ2v) is 8.33. The monoisotopic (exact) mass is 494 g/mol. The molecule has 0 fully saturated rings. The van der Waals surface area contributed by atoms with E-state index < -0.39 is 11.6 Å². The molecule has 3 aromatic carbocycles. The normalized spacial score (nSPS) is 10.8. The molecule has 0 radical (unpaired) electrons. The highest BCUT2D eigenvalue weighted by Gasteiger charge is 2.16. The Balaban J connectivity index is 1.49. The average Bonchev–Trinajstić information content (AvgIpc) is 3.44. The Morgan fingerprint density at radius 1 is 0.946 bits per heavy atom. The van der Waals surface area contributed by atoms with Crippen molar-refractivity contribution in [3.8, 4) is 28.6 Å². The van der Waals surface area contributed by atoms with Gasteiger partial charge in [0.2, 0.25) is 0 Å². The molecule has 0 aliphatic rings. The second kappa shape index (κ2) is 10.3. The van der Waals surface area contributed by atoms with Gasteiger partial charge >= 0.3 is 0 Å². The molecular weight excluding hydrogens is 474 g/mol. The Morgan fingerprint density at radius 3 is 2.46 bits per heavy atom. The molecule has 0 unspecified atom stereocenters. The van der Waals surface area contributed by atoms with Gasteiger partial charge < -0.3 is 10.3 Å². The molecule has 0 saturated heterocycles. The van der Waals surface area contributed by atoms with E-state index in [9.17, 15) is 18.8 Å². The van der Waals surface area contributed by atoms with E-state index >= 15 is 0 Å². The lowest BCUT2D eigenvalue weighted by Crippen LogP contribution is -2.24. The van der Waals surface area contributed by atoms with E-state index in [2.05, 4.69) is 15.3 Å². The summed E-state index contributed by atoms with van der Waals surface area (Å²) in [4.78, 5) is 29.4. The van der Waals surface area contributed by atoms with Gasteiger partial charge in [-0.1, -0.05) is 0 Å². The smallest absolute Gasteiger partial charge is 0.251 e. The van der Waals surface area contributed by atoms with Crippen LogP contribution in [0.2, 0.25) is 0 Å². The number of benzene rings is 3. The number of imidazole rings is 1. The minimum atomic E-state index is -0.644. The molecule has 7 nitrogen and oxygen atoms in total. The first-order valence-electron chi connectivity index (χ1n) is 11.6. The third-order valence-corrected chi connectivity index (χ3v) is 5.84. The van der Waals surface area contributed by atoms with Crippen molar-refractivity contribution in [2.24, 2.45) is 0 Å². The largest absolute Gasteiger partial charge is 0.352 e. The molecule has 0 bridgehead atoms. The standard InChI is InChI=1S/C28H20F2N6O/c29-21-7-3-17(4-8-21)26-27(18-5-9-22(30)20(14-18)16-31)36-24-15-19(6-10-23(24)35-26)28(37)34-11-1-2-25-32-12-13-33-25/h3-10,12-15H,1-2,11H2,(H,32,33)(H,34,37). The van der Waals surface area contributed by atoms with Crippen LogP contribution in [0.3, 0.4) is 0 Å². The van der Waals surface area contributed by atoms with Crippen LogP contribution in [0.4, 0.5) is 8.78 Å². The van der Waals surface area contributed by atoms with E-state index in [-0.39, 0.29) is 11.5 Å². The quantitative estimate of drug-likeness (QED) is 0.303. The molecule has 0 aliphatic heterocycles. The lowest BCUT2D eigenvalue weighted by molar-refractivity contribution is 0.0953. The van der Waals surface area contributed by atoms with Crippen LogP contribution in [0.1, 0.15) is 28.2 Å². The maximum atomic E-state index is 14.0. The van der Waals surface area contributed by atoms with Crippen molar-refractivity contribution in [2.75, 3.05) is 6.54 Å². The van der Waals surface area contributed by atoms with E-state index in [0.29, 0.717) is 52.1 Å². The summed E-state index contributed by atoms with van der Waals surface area (Å²) in [5, 5.41) is 12.2. The molecular formula is C28H20F2N6O. The van der Waals surface area contributed by atoms with Gasteiger partial charge in [-0.15, -0.1) is 0 Å². The highest BCUT2D eigenvalue weighted by Crippen LogP contribution is 2.32. The van der Waals surface area contributed by atoms with Gasteiger partial charge in [0, 0.05) is 42.0 Å². The molecule has 5 rings (SSSR count). The molecule has 9 heteroatoms. The molecule has 0 saturated carbocycles. The summed E-state index contributed by atoms with van der Waals surface area (Å²) in [5.74, 6) is -0.428. The summed E-state index contributed by atoms with van der Waals surface area (Å²) >= 11 is 0. The first kappa shape index (κ1) is 23.8. The number of nitriles is 1. The number of carbonyl (C=O) groups is 1. The predicted molar refractivity (Wildman–Crippen MR) is 134 cm³/mol. The van der Waals surface area contributed by atoms with Crippen LogP contribution >= 0.6 is 0 Å². The summed E-state index contributed by atoms with van der Waals surface area (Å²) in [6.07, 6.45) is 4.89. The number of nitrogens with one attached hydrogen (secondary N) is 2. The third-order valence-electron chi connectivity index (χ3n) is 5.84. The van der Waals surface area contributed by atoms with Crippen LogP contribution in [0.25, 0.3) is 33.5 Å². The molecule has 0 aliphatic carbocycles. The van der Waals surface area contributed by atoms with Crippen LogP contribution in [-0.2, 0) is 6.42 Å². The van der Waals surface area contributed by atoms with Crippen molar-refractivity contribution in [3.05, 3.63) is 102 Å². The number of amides is 1. The van der Waals surface area contributed by atoms with Crippen molar-refractivity contribution >= 4 is 16.9 Å². The van der Waals surface area contributed by atoms with Gasteiger partial charge in [0.25, 0.3) is 5.91 Å². The number of aromatic nitrogens is 4. The molecule has 2 heterocycles. The number of hydrogen-bond donors (Lipinski definition) is 2. The zero-order valence-corrected chi connectivity index (χ0v) is 19.5. The average molecular weight is 495 g/mol. The Labute approximate surface area is 210 Å². The maximum Gasteiger partial charge on any atom is 0.251 e. The molecule has 1 amide bonds. The predicted octanol–water partition coefficient (Wildman–Crippen LogP) is 5.20. The summed E-state index contributed by atoms with van der Waals surface area (Å²) in [6.45, 7) is 0.477. The van der Waals surface area contributed by atoms with Crippen molar-refractivity contribution in [1.82, 2.24) is 25.3 Å². The summed E-state index contributed by atoms with van der Waals surface area (Å²) in [5.41, 5.74) is 3.16. The Kier molecular flexibility index (Phi) is 6.64. The topological polar surface area (TPSA) is 107 Å². The molecule has 182 valence electrons. The lowest BCUT2D eigenvalue weighted by Gasteiger charge is -2.12. The van der Waals surface area contributed by atoms with Gasteiger partial charge in [0.1, 0.15) is 23.5 Å². The molecule has 2 N–H and O–H groups in total. The highest BCUT2D eigenvalue weighted by atomic mass is 19.1. The van der Waals surface area contributed by atoms with Gasteiger partial charge in [-0.05, 0) is 67.1 Å². The van der Waals surface area contributed by atoms with E-state index in [0.717, 1.165) is 12.2 Å². The number of aryl methyl sites for hydroxylation is 1. The minimum absolute atomic E-state index is 0.132. The SMILES string of the molecule is N#Cc1cc(-c2nc3cc(C(=O)NCCCc4ncc[nH]4)ccc3nc2-c2ccc(F)cc2)ccc1F. The molecule has 0 spiro atoms. The van der Waals surface area contributed by atoms with Crippen molar-refractivity contribution < 1.29 is 13.6 Å². The third kappa shape index (κ3) is 5.18. The van der Waals surface area contributed by atoms with E-state index in [1.54, 1.807) is 42.7 Å². The number of fused-ring (bicyclic) bond motifs is 1. The fourth-order valence-electron chi connectivity index (χ4n) is 3.96. The molecule has 5 aromatic rings. The number of rotatable bonds is 7. The first-order valence-corrected chi connectivity index (χ1v) is 11.6. The maximum absolute atomic E-state index is 14.0. The summed E-state index contributed by atoms with van der Waals surface area (Å²) < 4.78 is 27.6. The van der Waals surface area contributed by atoms with Gasteiger partial charge in [-0.2, -0.15) is 5.26 Å². The van der Waals surface area contributed by atoms with E-state index in [1.807, 2.05) is 6.07 Å². The zero-order valence-electron chi connectivity index (χ0n) is 19.5. The van der Waals surface area contributed by atoms with Crippen molar-refractivity contribution in [1.29, 1.82) is 5.26 Å².